The van der Waals surface area contributed by atoms with Crippen LogP contribution in [0, 0.1) is 0 Å². The van der Waals surface area contributed by atoms with Crippen molar-refractivity contribution in [2.75, 3.05) is 5.32 Å². The van der Waals surface area contributed by atoms with Crippen LogP contribution in [0.15, 0.2) is 61.1 Å². The molecule has 7 nitrogen and oxygen atoms in total. The zero-order valence-electron chi connectivity index (χ0n) is 15.5. The Balaban J connectivity index is 1.39. The molecule has 1 aliphatic rings. The van der Waals surface area contributed by atoms with Crippen molar-refractivity contribution in [2.45, 2.75) is 38.3 Å². The number of para-hydroxylation sites is 2. The Morgan fingerprint density at radius 1 is 1.11 bits per heavy atom. The molecule has 3 aromatic rings. The summed E-state index contributed by atoms with van der Waals surface area (Å²) < 4.78 is 7.74. The number of anilines is 1. The molecule has 0 radical (unpaired) electrons. The molecule has 1 aliphatic carbocycles. The highest BCUT2D eigenvalue weighted by molar-refractivity contribution is 5.91. The van der Waals surface area contributed by atoms with Crippen LogP contribution in [0.25, 0.3) is 5.69 Å². The van der Waals surface area contributed by atoms with Gasteiger partial charge in [-0.2, -0.15) is 5.10 Å². The molecule has 0 spiro atoms. The number of ether oxygens (including phenoxy) is 1. The van der Waals surface area contributed by atoms with Gasteiger partial charge in [-0.05, 0) is 49.9 Å². The molecule has 28 heavy (non-hydrogen) atoms. The van der Waals surface area contributed by atoms with Crippen LogP contribution in [0.5, 0.6) is 5.88 Å². The number of nitrogens with zero attached hydrogens (tertiary/aromatic N) is 3. The zero-order chi connectivity index (χ0) is 19.2. The predicted octanol–water partition coefficient (Wildman–Crippen LogP) is 3.91. The fourth-order valence-corrected chi connectivity index (χ4v) is 3.36. The number of hydrogen-bond donors (Lipinski definition) is 2. The fraction of sp³-hybridized carbons (Fsp3) is 0.286. The molecule has 144 valence electrons. The Morgan fingerprint density at radius 2 is 1.96 bits per heavy atom. The molecule has 2 amide bonds. The van der Waals surface area contributed by atoms with E-state index in [0.717, 1.165) is 24.1 Å². The zero-order valence-corrected chi connectivity index (χ0v) is 15.5. The molecule has 2 N–H and O–H groups in total. The maximum atomic E-state index is 12.5. The SMILES string of the molecule is O=C(NCc1cccnc1OC1CCCC1)Nc1ccccc1-n1cccn1. The molecule has 2 aromatic heterocycles. The molecular formula is C21H23N5O2. The van der Waals surface area contributed by atoms with Crippen LogP contribution < -0.4 is 15.4 Å². The first-order chi connectivity index (χ1) is 13.8. The first kappa shape index (κ1) is 18.0. The van der Waals surface area contributed by atoms with E-state index in [-0.39, 0.29) is 12.1 Å². The first-order valence-corrected chi connectivity index (χ1v) is 9.54. The minimum absolute atomic E-state index is 0.225. The maximum Gasteiger partial charge on any atom is 0.319 e. The molecule has 0 atom stereocenters. The topological polar surface area (TPSA) is 81.1 Å². The van der Waals surface area contributed by atoms with Crippen molar-refractivity contribution in [3.05, 3.63) is 66.6 Å². The van der Waals surface area contributed by atoms with Gasteiger partial charge >= 0.3 is 6.03 Å². The Bertz CT molecular complexity index is 920. The Kier molecular flexibility index (Phi) is 5.51. The van der Waals surface area contributed by atoms with Gasteiger partial charge in [0.15, 0.2) is 0 Å². The fourth-order valence-electron chi connectivity index (χ4n) is 3.36. The normalized spacial score (nSPS) is 14.0. The molecule has 1 aromatic carbocycles. The summed E-state index contributed by atoms with van der Waals surface area (Å²) in [4.78, 5) is 16.8. The van der Waals surface area contributed by atoms with Crippen LogP contribution in [-0.2, 0) is 6.54 Å². The number of nitrogens with one attached hydrogen (secondary N) is 2. The number of aromatic nitrogens is 3. The molecule has 0 bridgehead atoms. The van der Waals surface area contributed by atoms with Crippen molar-refractivity contribution in [1.82, 2.24) is 20.1 Å². The van der Waals surface area contributed by atoms with Gasteiger partial charge in [-0.3, -0.25) is 0 Å². The van der Waals surface area contributed by atoms with Crippen LogP contribution in [0.3, 0.4) is 0 Å². The summed E-state index contributed by atoms with van der Waals surface area (Å²) in [5, 5.41) is 10.0. The van der Waals surface area contributed by atoms with Crippen molar-refractivity contribution in [3.63, 3.8) is 0 Å². The van der Waals surface area contributed by atoms with Crippen molar-refractivity contribution < 1.29 is 9.53 Å². The third-order valence-corrected chi connectivity index (χ3v) is 4.77. The summed E-state index contributed by atoms with van der Waals surface area (Å²) in [6.45, 7) is 0.339. The lowest BCUT2D eigenvalue weighted by Crippen LogP contribution is -2.29. The number of carbonyl (C=O) groups excluding carboxylic acids is 1. The molecule has 1 fully saturated rings. The molecular weight excluding hydrogens is 354 g/mol. The summed E-state index contributed by atoms with van der Waals surface area (Å²) in [5.41, 5.74) is 2.34. The van der Waals surface area contributed by atoms with Crippen molar-refractivity contribution in [2.24, 2.45) is 0 Å². The van der Waals surface area contributed by atoms with Gasteiger partial charge in [-0.25, -0.2) is 14.5 Å². The standard InChI is InChI=1S/C21H23N5O2/c27-21(25-18-10-3-4-11-19(18)26-14-6-13-24-26)23-15-16-7-5-12-22-20(16)28-17-8-1-2-9-17/h3-7,10-14,17H,1-2,8-9,15H2,(H2,23,25,27). The first-order valence-electron chi connectivity index (χ1n) is 9.54. The van der Waals surface area contributed by atoms with Crippen molar-refractivity contribution in [1.29, 1.82) is 0 Å². The predicted molar refractivity (Wildman–Crippen MR) is 107 cm³/mol. The molecule has 0 aliphatic heterocycles. The van der Waals surface area contributed by atoms with E-state index in [9.17, 15) is 4.79 Å². The number of rotatable bonds is 6. The van der Waals surface area contributed by atoms with Gasteiger partial charge in [0.2, 0.25) is 5.88 Å². The largest absolute Gasteiger partial charge is 0.474 e. The average molecular weight is 377 g/mol. The summed E-state index contributed by atoms with van der Waals surface area (Å²) >= 11 is 0. The number of pyridine rings is 1. The van der Waals surface area contributed by atoms with Gasteiger partial charge in [-0.15, -0.1) is 0 Å². The second-order valence-electron chi connectivity index (χ2n) is 6.77. The Labute approximate surface area is 163 Å². The second kappa shape index (κ2) is 8.56. The Morgan fingerprint density at radius 3 is 2.79 bits per heavy atom. The second-order valence-corrected chi connectivity index (χ2v) is 6.77. The average Bonchev–Trinajstić information content (AvgIpc) is 3.42. The molecule has 2 heterocycles. The monoisotopic (exact) mass is 377 g/mol. The van der Waals surface area contributed by atoms with E-state index >= 15 is 0 Å². The third kappa shape index (κ3) is 4.31. The Hall–Kier alpha value is -3.35. The van der Waals surface area contributed by atoms with E-state index in [1.807, 2.05) is 48.7 Å². The number of benzene rings is 1. The number of hydrogen-bond acceptors (Lipinski definition) is 4. The van der Waals surface area contributed by atoms with E-state index in [0.29, 0.717) is 18.1 Å². The van der Waals surface area contributed by atoms with Gasteiger partial charge in [-0.1, -0.05) is 18.2 Å². The van der Waals surface area contributed by atoms with Crippen molar-refractivity contribution in [3.8, 4) is 11.6 Å². The minimum atomic E-state index is -0.296. The van der Waals surface area contributed by atoms with Crippen LogP contribution in [-0.4, -0.2) is 26.9 Å². The van der Waals surface area contributed by atoms with Gasteiger partial charge in [0.1, 0.15) is 6.10 Å². The quantitative estimate of drug-likeness (QED) is 0.682. The smallest absolute Gasteiger partial charge is 0.319 e. The third-order valence-electron chi connectivity index (χ3n) is 4.77. The lowest BCUT2D eigenvalue weighted by atomic mass is 10.2. The summed E-state index contributed by atoms with van der Waals surface area (Å²) in [7, 11) is 0. The number of urea groups is 1. The molecule has 0 unspecified atom stereocenters. The van der Waals surface area contributed by atoms with Gasteiger partial charge in [0.05, 0.1) is 11.4 Å². The van der Waals surface area contributed by atoms with E-state index in [1.54, 1.807) is 17.1 Å². The number of carbonyl (C=O) groups is 1. The van der Waals surface area contributed by atoms with Crippen LogP contribution in [0.1, 0.15) is 31.2 Å². The van der Waals surface area contributed by atoms with Gasteiger partial charge < -0.3 is 15.4 Å². The summed E-state index contributed by atoms with van der Waals surface area (Å²) in [5.74, 6) is 0.603. The minimum Gasteiger partial charge on any atom is -0.474 e. The lowest BCUT2D eigenvalue weighted by molar-refractivity contribution is 0.199. The highest BCUT2D eigenvalue weighted by Crippen LogP contribution is 2.25. The maximum absolute atomic E-state index is 12.5. The molecule has 0 saturated heterocycles. The van der Waals surface area contributed by atoms with Crippen molar-refractivity contribution >= 4 is 11.7 Å². The van der Waals surface area contributed by atoms with Crippen LogP contribution in [0.2, 0.25) is 0 Å². The summed E-state index contributed by atoms with van der Waals surface area (Å²) in [6, 6.07) is 12.8. The van der Waals surface area contributed by atoms with Crippen LogP contribution >= 0.6 is 0 Å². The van der Waals surface area contributed by atoms with E-state index in [2.05, 4.69) is 20.7 Å². The van der Waals surface area contributed by atoms with E-state index in [1.165, 1.54) is 12.8 Å². The summed E-state index contributed by atoms with van der Waals surface area (Å²) in [6.07, 6.45) is 10.00. The highest BCUT2D eigenvalue weighted by atomic mass is 16.5. The van der Waals surface area contributed by atoms with E-state index in [4.69, 9.17) is 4.74 Å². The molecule has 4 rings (SSSR count). The molecule has 7 heteroatoms. The molecule has 1 saturated carbocycles. The lowest BCUT2D eigenvalue weighted by Gasteiger charge is -2.16. The van der Waals surface area contributed by atoms with E-state index < -0.39 is 0 Å². The van der Waals surface area contributed by atoms with Gasteiger partial charge in [0.25, 0.3) is 0 Å². The van der Waals surface area contributed by atoms with Gasteiger partial charge in [0, 0.05) is 30.7 Å². The number of amides is 2. The van der Waals surface area contributed by atoms with Crippen LogP contribution in [0.4, 0.5) is 10.5 Å². The highest BCUT2D eigenvalue weighted by Gasteiger charge is 2.18.